The minimum Gasteiger partial charge on any atom is -0.351 e. The first kappa shape index (κ1) is 18.0. The van der Waals surface area contributed by atoms with Crippen molar-refractivity contribution in [2.45, 2.75) is 13.3 Å². The predicted octanol–water partition coefficient (Wildman–Crippen LogP) is 2.28. The molecule has 1 aromatic carbocycles. The highest BCUT2D eigenvalue weighted by atomic mass is 35.5. The summed E-state index contributed by atoms with van der Waals surface area (Å²) in [5.41, 5.74) is 0.361. The van der Waals surface area contributed by atoms with Gasteiger partial charge in [0.1, 0.15) is 0 Å². The Bertz CT molecular complexity index is 572. The van der Waals surface area contributed by atoms with Crippen LogP contribution in [0.4, 0.5) is 0 Å². The Morgan fingerprint density at radius 2 is 1.87 bits per heavy atom. The number of nitrogens with one attached hydrogen (secondary N) is 1. The molecule has 1 aliphatic heterocycles. The first-order valence-electron chi connectivity index (χ1n) is 7.74. The van der Waals surface area contributed by atoms with Crippen molar-refractivity contribution in [3.8, 4) is 0 Å². The molecule has 1 fully saturated rings. The molecule has 1 N–H and O–H groups in total. The van der Waals surface area contributed by atoms with Crippen LogP contribution in [0.2, 0.25) is 10.0 Å². The van der Waals surface area contributed by atoms with Crippen molar-refractivity contribution in [1.29, 1.82) is 0 Å². The van der Waals surface area contributed by atoms with E-state index in [2.05, 4.69) is 17.1 Å². The van der Waals surface area contributed by atoms with Gasteiger partial charge in [0, 0.05) is 44.2 Å². The molecule has 0 bridgehead atoms. The van der Waals surface area contributed by atoms with Crippen molar-refractivity contribution >= 4 is 35.0 Å². The van der Waals surface area contributed by atoms with Crippen molar-refractivity contribution in [3.05, 3.63) is 33.8 Å². The summed E-state index contributed by atoms with van der Waals surface area (Å²) in [6.45, 7) is 6.76. The lowest BCUT2D eigenvalue weighted by molar-refractivity contribution is -0.132. The molecule has 2 rings (SSSR count). The lowest BCUT2D eigenvalue weighted by atomic mass is 10.2. The third kappa shape index (κ3) is 5.09. The zero-order valence-electron chi connectivity index (χ0n) is 13.1. The second-order valence-electron chi connectivity index (χ2n) is 5.45. The summed E-state index contributed by atoms with van der Waals surface area (Å²) in [7, 11) is 0. The highest BCUT2D eigenvalue weighted by molar-refractivity contribution is 6.36. The van der Waals surface area contributed by atoms with Crippen LogP contribution in [0.25, 0.3) is 0 Å². The van der Waals surface area contributed by atoms with Gasteiger partial charge in [0.15, 0.2) is 0 Å². The average Bonchev–Trinajstić information content (AvgIpc) is 2.54. The number of rotatable bonds is 5. The maximum Gasteiger partial charge on any atom is 0.252 e. The Morgan fingerprint density at radius 1 is 1.17 bits per heavy atom. The summed E-state index contributed by atoms with van der Waals surface area (Å²) in [6.07, 6.45) is 0.295. The molecule has 0 aliphatic carbocycles. The van der Waals surface area contributed by atoms with Gasteiger partial charge in [-0.2, -0.15) is 0 Å². The fourth-order valence-electron chi connectivity index (χ4n) is 2.52. The van der Waals surface area contributed by atoms with Crippen LogP contribution in [0.1, 0.15) is 23.7 Å². The Morgan fingerprint density at radius 3 is 2.48 bits per heavy atom. The second kappa shape index (κ2) is 8.52. The molecule has 1 saturated heterocycles. The Labute approximate surface area is 146 Å². The molecule has 0 atom stereocenters. The lowest BCUT2D eigenvalue weighted by Crippen LogP contribution is -2.49. The topological polar surface area (TPSA) is 52.6 Å². The smallest absolute Gasteiger partial charge is 0.252 e. The van der Waals surface area contributed by atoms with E-state index in [9.17, 15) is 9.59 Å². The van der Waals surface area contributed by atoms with Gasteiger partial charge in [-0.25, -0.2) is 0 Å². The van der Waals surface area contributed by atoms with Crippen LogP contribution < -0.4 is 5.32 Å². The quantitative estimate of drug-likeness (QED) is 0.879. The average molecular weight is 358 g/mol. The molecule has 0 radical (unpaired) electrons. The molecule has 1 aliphatic rings. The van der Waals surface area contributed by atoms with Gasteiger partial charge in [-0.3, -0.25) is 9.59 Å². The third-order valence-electron chi connectivity index (χ3n) is 3.97. The fraction of sp³-hybridized carbons (Fsp3) is 0.500. The second-order valence-corrected chi connectivity index (χ2v) is 6.29. The standard InChI is InChI=1S/C16H21Cl2N3O2/c1-2-20-7-9-21(10-8-20)15(22)5-6-19-16(23)13-4-3-12(17)11-14(13)18/h3-4,11H,2,5-10H2,1H3,(H,19,23). The van der Waals surface area contributed by atoms with Gasteiger partial charge < -0.3 is 15.1 Å². The summed E-state index contributed by atoms with van der Waals surface area (Å²) < 4.78 is 0. The van der Waals surface area contributed by atoms with Crippen LogP contribution >= 0.6 is 23.2 Å². The SMILES string of the molecule is CCN1CCN(C(=O)CCNC(=O)c2ccc(Cl)cc2Cl)CC1. The maximum atomic E-state index is 12.1. The maximum absolute atomic E-state index is 12.1. The van der Waals surface area contributed by atoms with E-state index in [0.717, 1.165) is 32.7 Å². The number of likely N-dealkylation sites (N-methyl/N-ethyl adjacent to an activating group) is 1. The van der Waals surface area contributed by atoms with Gasteiger partial charge in [0.25, 0.3) is 5.91 Å². The van der Waals surface area contributed by atoms with Crippen molar-refractivity contribution in [2.24, 2.45) is 0 Å². The number of amides is 2. The molecule has 1 aromatic rings. The molecule has 126 valence electrons. The van der Waals surface area contributed by atoms with E-state index in [0.29, 0.717) is 28.6 Å². The molecular weight excluding hydrogens is 337 g/mol. The van der Waals surface area contributed by atoms with Crippen molar-refractivity contribution < 1.29 is 9.59 Å². The summed E-state index contributed by atoms with van der Waals surface area (Å²) in [5.74, 6) is -0.224. The van der Waals surface area contributed by atoms with Crippen LogP contribution in [0.15, 0.2) is 18.2 Å². The number of hydrogen-bond acceptors (Lipinski definition) is 3. The number of halogens is 2. The Kier molecular flexibility index (Phi) is 6.69. The molecule has 0 unspecified atom stereocenters. The Hall–Kier alpha value is -1.30. The highest BCUT2D eigenvalue weighted by Gasteiger charge is 2.20. The van der Waals surface area contributed by atoms with Crippen LogP contribution in [0.5, 0.6) is 0 Å². The normalized spacial score (nSPS) is 15.5. The van der Waals surface area contributed by atoms with Gasteiger partial charge in [-0.1, -0.05) is 30.1 Å². The number of hydrogen-bond donors (Lipinski definition) is 1. The minimum absolute atomic E-state index is 0.0725. The molecule has 0 spiro atoms. The van der Waals surface area contributed by atoms with E-state index < -0.39 is 0 Å². The molecule has 0 aromatic heterocycles. The van der Waals surface area contributed by atoms with Crippen LogP contribution in [0, 0.1) is 0 Å². The van der Waals surface area contributed by atoms with Crippen molar-refractivity contribution in [2.75, 3.05) is 39.3 Å². The molecule has 1 heterocycles. The van der Waals surface area contributed by atoms with E-state index in [1.165, 1.54) is 6.07 Å². The first-order chi connectivity index (χ1) is 11.0. The van der Waals surface area contributed by atoms with E-state index in [1.54, 1.807) is 12.1 Å². The predicted molar refractivity (Wildman–Crippen MR) is 92.1 cm³/mol. The number of carbonyl (C=O) groups excluding carboxylic acids is 2. The minimum atomic E-state index is -0.296. The van der Waals surface area contributed by atoms with Crippen LogP contribution in [-0.4, -0.2) is 60.9 Å². The zero-order chi connectivity index (χ0) is 16.8. The van der Waals surface area contributed by atoms with E-state index in [4.69, 9.17) is 23.2 Å². The largest absolute Gasteiger partial charge is 0.351 e. The van der Waals surface area contributed by atoms with Crippen LogP contribution in [-0.2, 0) is 4.79 Å². The van der Waals surface area contributed by atoms with Gasteiger partial charge >= 0.3 is 0 Å². The summed E-state index contributed by atoms with van der Waals surface area (Å²) >= 11 is 11.8. The van der Waals surface area contributed by atoms with E-state index in [1.807, 2.05) is 4.90 Å². The fourth-order valence-corrected chi connectivity index (χ4v) is 3.02. The molecule has 2 amide bonds. The Balaban J connectivity index is 1.76. The summed E-state index contributed by atoms with van der Waals surface area (Å²) in [4.78, 5) is 28.3. The summed E-state index contributed by atoms with van der Waals surface area (Å²) in [6, 6.07) is 4.71. The lowest BCUT2D eigenvalue weighted by Gasteiger charge is -2.34. The third-order valence-corrected chi connectivity index (χ3v) is 4.52. The molecular formula is C16H21Cl2N3O2. The molecule has 5 nitrogen and oxygen atoms in total. The highest BCUT2D eigenvalue weighted by Crippen LogP contribution is 2.20. The van der Waals surface area contributed by atoms with Gasteiger partial charge in [-0.15, -0.1) is 0 Å². The van der Waals surface area contributed by atoms with Gasteiger partial charge in [0.2, 0.25) is 5.91 Å². The van der Waals surface area contributed by atoms with E-state index in [-0.39, 0.29) is 11.8 Å². The molecule has 23 heavy (non-hydrogen) atoms. The first-order valence-corrected chi connectivity index (χ1v) is 8.50. The summed E-state index contributed by atoms with van der Waals surface area (Å²) in [5, 5.41) is 3.51. The van der Waals surface area contributed by atoms with Crippen molar-refractivity contribution in [3.63, 3.8) is 0 Å². The number of nitrogens with zero attached hydrogens (tertiary/aromatic N) is 2. The van der Waals surface area contributed by atoms with E-state index >= 15 is 0 Å². The van der Waals surface area contributed by atoms with Crippen LogP contribution in [0.3, 0.4) is 0 Å². The van der Waals surface area contributed by atoms with Crippen molar-refractivity contribution in [1.82, 2.24) is 15.1 Å². The monoisotopic (exact) mass is 357 g/mol. The molecule has 7 heteroatoms. The van der Waals surface area contributed by atoms with Gasteiger partial charge in [0.05, 0.1) is 10.6 Å². The number of carbonyl (C=O) groups is 2. The number of piperazine rings is 1. The molecule has 0 saturated carbocycles. The zero-order valence-corrected chi connectivity index (χ0v) is 14.7. The van der Waals surface area contributed by atoms with Gasteiger partial charge in [-0.05, 0) is 24.7 Å². The number of benzene rings is 1.